The number of nitrogens with zero attached hydrogens (tertiary/aromatic N) is 1. The van der Waals surface area contributed by atoms with Crippen molar-refractivity contribution in [3.63, 3.8) is 0 Å². The molecule has 0 aliphatic rings. The Labute approximate surface area is 190 Å². The van der Waals surface area contributed by atoms with Gasteiger partial charge in [0.15, 0.2) is 11.5 Å². The maximum atomic E-state index is 12.5. The Morgan fingerprint density at radius 3 is 2.47 bits per heavy atom. The number of benzene rings is 2. The monoisotopic (exact) mass is 456 g/mol. The third-order valence-electron chi connectivity index (χ3n) is 4.96. The molecular formula is C24H28N2O5S. The van der Waals surface area contributed by atoms with E-state index >= 15 is 0 Å². The predicted molar refractivity (Wildman–Crippen MR) is 124 cm³/mol. The quantitative estimate of drug-likeness (QED) is 0.501. The van der Waals surface area contributed by atoms with E-state index in [0.717, 1.165) is 16.7 Å². The van der Waals surface area contributed by atoms with E-state index < -0.39 is 10.8 Å². The number of amides is 1. The molecule has 0 fully saturated rings. The van der Waals surface area contributed by atoms with Crippen LogP contribution in [0.2, 0.25) is 0 Å². The highest BCUT2D eigenvalue weighted by Gasteiger charge is 2.16. The average Bonchev–Trinajstić information content (AvgIpc) is 3.13. The van der Waals surface area contributed by atoms with Crippen molar-refractivity contribution in [1.29, 1.82) is 0 Å². The first-order valence-corrected chi connectivity index (χ1v) is 11.7. The minimum Gasteiger partial charge on any atom is -0.493 e. The van der Waals surface area contributed by atoms with E-state index in [0.29, 0.717) is 41.8 Å². The van der Waals surface area contributed by atoms with E-state index in [2.05, 4.69) is 10.3 Å². The Bertz CT molecular complexity index is 1090. The zero-order chi connectivity index (χ0) is 23.1. The van der Waals surface area contributed by atoms with Crippen molar-refractivity contribution in [2.24, 2.45) is 0 Å². The molecule has 3 rings (SSSR count). The molecule has 1 N–H and O–H groups in total. The molecule has 1 aromatic heterocycles. The van der Waals surface area contributed by atoms with Crippen LogP contribution in [0.3, 0.4) is 0 Å². The number of carbonyl (C=O) groups excluding carboxylic acids is 1. The van der Waals surface area contributed by atoms with E-state index in [1.54, 1.807) is 21.1 Å². The summed E-state index contributed by atoms with van der Waals surface area (Å²) in [6.07, 6.45) is 0.626. The van der Waals surface area contributed by atoms with Crippen LogP contribution in [-0.2, 0) is 27.8 Å². The number of aromatic nitrogens is 1. The maximum Gasteiger partial charge on any atom is 0.232 e. The Hall–Kier alpha value is -3.13. The molecule has 170 valence electrons. The summed E-state index contributed by atoms with van der Waals surface area (Å²) in [6, 6.07) is 13.5. The van der Waals surface area contributed by atoms with E-state index in [1.165, 1.54) is 0 Å². The number of aryl methyl sites for hydroxylation is 2. The number of ether oxygens (including phenoxy) is 2. The minimum atomic E-state index is -1.39. The molecule has 0 aliphatic heterocycles. The number of methoxy groups -OCH3 is 2. The molecule has 1 heterocycles. The molecule has 2 aromatic carbocycles. The number of carbonyl (C=O) groups is 1. The van der Waals surface area contributed by atoms with Crippen molar-refractivity contribution in [2.75, 3.05) is 26.5 Å². The molecule has 0 saturated heterocycles. The van der Waals surface area contributed by atoms with E-state index in [-0.39, 0.29) is 17.4 Å². The van der Waals surface area contributed by atoms with Gasteiger partial charge in [0, 0.05) is 22.9 Å². The van der Waals surface area contributed by atoms with Crippen LogP contribution in [0.4, 0.5) is 0 Å². The molecule has 0 bridgehead atoms. The lowest BCUT2D eigenvalue weighted by Gasteiger charge is -2.10. The van der Waals surface area contributed by atoms with Gasteiger partial charge in [0.2, 0.25) is 11.8 Å². The highest BCUT2D eigenvalue weighted by Crippen LogP contribution is 2.27. The second-order valence-corrected chi connectivity index (χ2v) is 8.86. The lowest BCUT2D eigenvalue weighted by atomic mass is 10.1. The highest BCUT2D eigenvalue weighted by atomic mass is 32.2. The zero-order valence-corrected chi connectivity index (χ0v) is 19.6. The second kappa shape index (κ2) is 10.9. The van der Waals surface area contributed by atoms with Gasteiger partial charge in [0.1, 0.15) is 11.5 Å². The van der Waals surface area contributed by atoms with Gasteiger partial charge in [0.05, 0.1) is 25.7 Å². The Morgan fingerprint density at radius 2 is 1.78 bits per heavy atom. The molecule has 32 heavy (non-hydrogen) atoms. The number of nitrogens with one attached hydrogen (secondary N) is 1. The highest BCUT2D eigenvalue weighted by molar-refractivity contribution is 7.84. The molecule has 0 saturated carbocycles. The first kappa shape index (κ1) is 23.5. The van der Waals surface area contributed by atoms with Crippen molar-refractivity contribution < 1.29 is 22.9 Å². The standard InChI is InChI=1S/C24H28N2O5S/c1-16-5-8-19(9-6-16)24-26-20(17(2)31-24)14-32(28)15-23(27)25-12-11-18-7-10-21(29-3)22(13-18)30-4/h5-10,13H,11-12,14-15H2,1-4H3,(H,25,27)/t32-/m0/s1. The number of rotatable bonds is 10. The SMILES string of the molecule is COc1ccc(CCNC(=O)C[S@@](=O)Cc2nc(-c3ccc(C)cc3)oc2C)cc1OC. The van der Waals surface area contributed by atoms with Crippen molar-refractivity contribution in [3.05, 3.63) is 65.0 Å². The minimum absolute atomic E-state index is 0.0852. The summed E-state index contributed by atoms with van der Waals surface area (Å²) in [5, 5.41) is 2.82. The van der Waals surface area contributed by atoms with Gasteiger partial charge in [-0.25, -0.2) is 4.98 Å². The predicted octanol–water partition coefficient (Wildman–Crippen LogP) is 3.58. The molecule has 0 spiro atoms. The van der Waals surface area contributed by atoms with Gasteiger partial charge in [-0.15, -0.1) is 0 Å². The molecule has 0 radical (unpaired) electrons. The Balaban J connectivity index is 1.49. The van der Waals surface area contributed by atoms with Gasteiger partial charge >= 0.3 is 0 Å². The normalized spacial score (nSPS) is 11.8. The smallest absolute Gasteiger partial charge is 0.232 e. The third kappa shape index (κ3) is 6.20. The van der Waals surface area contributed by atoms with Crippen LogP contribution < -0.4 is 14.8 Å². The summed E-state index contributed by atoms with van der Waals surface area (Å²) in [6.45, 7) is 4.24. The van der Waals surface area contributed by atoms with Crippen molar-refractivity contribution in [3.8, 4) is 23.0 Å². The molecule has 7 nitrogen and oxygen atoms in total. The van der Waals surface area contributed by atoms with Crippen LogP contribution in [-0.4, -0.2) is 41.6 Å². The first-order chi connectivity index (χ1) is 15.4. The van der Waals surface area contributed by atoms with E-state index in [4.69, 9.17) is 13.9 Å². The Kier molecular flexibility index (Phi) is 8.05. The lowest BCUT2D eigenvalue weighted by Crippen LogP contribution is -2.30. The maximum absolute atomic E-state index is 12.5. The fourth-order valence-electron chi connectivity index (χ4n) is 3.16. The van der Waals surface area contributed by atoms with Gasteiger partial charge in [0.25, 0.3) is 0 Å². The fourth-order valence-corrected chi connectivity index (χ4v) is 4.23. The summed E-state index contributed by atoms with van der Waals surface area (Å²) < 4.78 is 28.7. The Morgan fingerprint density at radius 1 is 1.06 bits per heavy atom. The summed E-state index contributed by atoms with van der Waals surface area (Å²) in [5.41, 5.74) is 3.63. The lowest BCUT2D eigenvalue weighted by molar-refractivity contribution is -0.118. The van der Waals surface area contributed by atoms with Crippen molar-refractivity contribution in [2.45, 2.75) is 26.0 Å². The number of oxazole rings is 1. The van der Waals surface area contributed by atoms with Crippen LogP contribution in [0.15, 0.2) is 46.9 Å². The summed E-state index contributed by atoms with van der Waals surface area (Å²) in [7, 11) is 1.78. The van der Waals surface area contributed by atoms with Gasteiger partial charge in [-0.2, -0.15) is 0 Å². The number of hydrogen-bond acceptors (Lipinski definition) is 6. The summed E-state index contributed by atoms with van der Waals surface area (Å²) in [5.74, 6) is 2.23. The number of hydrogen-bond donors (Lipinski definition) is 1. The third-order valence-corrected chi connectivity index (χ3v) is 6.14. The fraction of sp³-hybridized carbons (Fsp3) is 0.333. The van der Waals surface area contributed by atoms with Gasteiger partial charge in [-0.05, 0) is 50.1 Å². The summed E-state index contributed by atoms with van der Waals surface area (Å²) in [4.78, 5) is 16.7. The van der Waals surface area contributed by atoms with Crippen LogP contribution in [0.5, 0.6) is 11.5 Å². The zero-order valence-electron chi connectivity index (χ0n) is 18.8. The van der Waals surface area contributed by atoms with Crippen molar-refractivity contribution in [1.82, 2.24) is 10.3 Å². The van der Waals surface area contributed by atoms with Gasteiger partial charge < -0.3 is 19.2 Å². The molecular weight excluding hydrogens is 428 g/mol. The molecule has 0 aliphatic carbocycles. The molecule has 3 aromatic rings. The molecule has 0 unspecified atom stereocenters. The van der Waals surface area contributed by atoms with Crippen molar-refractivity contribution >= 4 is 16.7 Å². The summed E-state index contributed by atoms with van der Waals surface area (Å²) >= 11 is 0. The van der Waals surface area contributed by atoms with Gasteiger partial charge in [-0.1, -0.05) is 23.8 Å². The molecule has 1 atom stereocenters. The van der Waals surface area contributed by atoms with Gasteiger partial charge in [-0.3, -0.25) is 9.00 Å². The molecule has 1 amide bonds. The van der Waals surface area contributed by atoms with Crippen LogP contribution in [0.1, 0.15) is 22.6 Å². The van der Waals surface area contributed by atoms with Crippen LogP contribution in [0, 0.1) is 13.8 Å². The van der Waals surface area contributed by atoms with E-state index in [1.807, 2.05) is 49.4 Å². The topological polar surface area (TPSA) is 90.7 Å². The second-order valence-electron chi connectivity index (χ2n) is 7.41. The largest absolute Gasteiger partial charge is 0.493 e. The van der Waals surface area contributed by atoms with E-state index in [9.17, 15) is 9.00 Å². The van der Waals surface area contributed by atoms with Crippen LogP contribution in [0.25, 0.3) is 11.5 Å². The average molecular weight is 457 g/mol. The molecule has 8 heteroatoms. The first-order valence-electron chi connectivity index (χ1n) is 10.3. The van der Waals surface area contributed by atoms with Crippen LogP contribution >= 0.6 is 0 Å².